The molecule has 4 rings (SSSR count). The van der Waals surface area contributed by atoms with E-state index in [1.165, 1.54) is 22.2 Å². The topological polar surface area (TPSA) is 177 Å². The summed E-state index contributed by atoms with van der Waals surface area (Å²) >= 11 is 0. The number of hydrogen-bond donors (Lipinski definition) is 2. The first-order chi connectivity index (χ1) is 24.9. The van der Waals surface area contributed by atoms with Crippen LogP contribution in [0.2, 0.25) is 0 Å². The van der Waals surface area contributed by atoms with Crippen LogP contribution in [-0.4, -0.2) is 93.7 Å². The summed E-state index contributed by atoms with van der Waals surface area (Å²) in [5.74, 6) is -3.88. The summed E-state index contributed by atoms with van der Waals surface area (Å²) in [4.78, 5) is 92.2. The first-order valence-electron chi connectivity index (χ1n) is 17.0. The highest BCUT2D eigenvalue weighted by Gasteiger charge is 2.55. The SMILES string of the molecule is C=CC(=O)NCCOC(=O)C(CC(C)C)N1C(=O)C2=C(c3ccccn3)N(C(CC(C)C)C(=O)OCCNC(=O)C=C)C(=O)C2=C1c1ccccn1. The molecule has 0 fully saturated rings. The Hall–Kier alpha value is -5.92. The van der Waals surface area contributed by atoms with E-state index in [0.29, 0.717) is 0 Å². The maximum absolute atomic E-state index is 14.9. The van der Waals surface area contributed by atoms with Crippen molar-refractivity contribution in [1.82, 2.24) is 30.4 Å². The van der Waals surface area contributed by atoms with Crippen LogP contribution in [0.25, 0.3) is 11.4 Å². The number of hydrogen-bond acceptors (Lipinski definition) is 10. The summed E-state index contributed by atoms with van der Waals surface area (Å²) in [5.41, 5.74) is 0.600. The Morgan fingerprint density at radius 3 is 1.38 bits per heavy atom. The van der Waals surface area contributed by atoms with Crippen LogP contribution in [-0.2, 0) is 38.2 Å². The summed E-state index contributed by atoms with van der Waals surface area (Å²) in [6.45, 7) is 14.0. The quantitative estimate of drug-likeness (QED) is 0.133. The average Bonchev–Trinajstić information content (AvgIpc) is 3.60. The van der Waals surface area contributed by atoms with Gasteiger partial charge >= 0.3 is 11.9 Å². The van der Waals surface area contributed by atoms with E-state index in [1.807, 2.05) is 27.7 Å². The maximum Gasteiger partial charge on any atom is 0.329 e. The number of amides is 4. The molecule has 0 saturated heterocycles. The first kappa shape index (κ1) is 38.9. The number of pyridine rings is 2. The van der Waals surface area contributed by atoms with Crippen molar-refractivity contribution in [2.45, 2.75) is 52.6 Å². The second-order valence-electron chi connectivity index (χ2n) is 12.8. The molecular formula is C38H44N6O8. The van der Waals surface area contributed by atoms with E-state index in [1.54, 1.807) is 36.4 Å². The smallest absolute Gasteiger partial charge is 0.329 e. The number of nitrogens with one attached hydrogen (secondary N) is 2. The van der Waals surface area contributed by atoms with E-state index in [0.717, 1.165) is 12.2 Å². The number of esters is 2. The first-order valence-corrected chi connectivity index (χ1v) is 17.0. The molecule has 14 nitrogen and oxygen atoms in total. The van der Waals surface area contributed by atoms with Crippen molar-refractivity contribution in [3.63, 3.8) is 0 Å². The van der Waals surface area contributed by atoms with Gasteiger partial charge < -0.3 is 20.1 Å². The van der Waals surface area contributed by atoms with Gasteiger partial charge in [-0.3, -0.25) is 38.9 Å². The lowest BCUT2D eigenvalue weighted by molar-refractivity contribution is -0.152. The van der Waals surface area contributed by atoms with E-state index in [9.17, 15) is 28.8 Å². The Bertz CT molecular complexity index is 1640. The Balaban J connectivity index is 1.87. The molecule has 2 aromatic rings. The molecule has 52 heavy (non-hydrogen) atoms. The third-order valence-electron chi connectivity index (χ3n) is 8.10. The molecule has 4 heterocycles. The van der Waals surface area contributed by atoms with Crippen molar-refractivity contribution in [3.05, 3.63) is 96.6 Å². The molecular weight excluding hydrogens is 668 g/mol. The van der Waals surface area contributed by atoms with Gasteiger partial charge in [0.05, 0.1) is 47.0 Å². The van der Waals surface area contributed by atoms with Crippen LogP contribution in [0.3, 0.4) is 0 Å². The van der Waals surface area contributed by atoms with Crippen LogP contribution in [0.5, 0.6) is 0 Å². The van der Waals surface area contributed by atoms with Crippen LogP contribution in [0.1, 0.15) is 51.9 Å². The highest BCUT2D eigenvalue weighted by atomic mass is 16.5. The van der Waals surface area contributed by atoms with Gasteiger partial charge in [-0.15, -0.1) is 0 Å². The summed E-state index contributed by atoms with van der Waals surface area (Å²) in [5, 5.41) is 5.09. The van der Waals surface area contributed by atoms with Crippen LogP contribution in [0.15, 0.2) is 85.2 Å². The highest BCUT2D eigenvalue weighted by molar-refractivity contribution is 6.31. The number of aromatic nitrogens is 2. The predicted molar refractivity (Wildman–Crippen MR) is 191 cm³/mol. The average molecular weight is 713 g/mol. The summed E-state index contributed by atoms with van der Waals surface area (Å²) in [6.07, 6.45) is 5.54. The van der Waals surface area contributed by atoms with E-state index < -0.39 is 47.7 Å². The van der Waals surface area contributed by atoms with Crippen molar-refractivity contribution in [1.29, 1.82) is 0 Å². The lowest BCUT2D eigenvalue weighted by Crippen LogP contribution is -2.46. The zero-order chi connectivity index (χ0) is 37.9. The van der Waals surface area contributed by atoms with Crippen LogP contribution in [0.4, 0.5) is 0 Å². The third-order valence-corrected chi connectivity index (χ3v) is 8.10. The molecule has 0 radical (unpaired) electrons. The monoisotopic (exact) mass is 712 g/mol. The minimum atomic E-state index is -1.18. The number of fused-ring (bicyclic) bond motifs is 1. The van der Waals surface area contributed by atoms with E-state index in [-0.39, 0.29) is 84.9 Å². The molecule has 0 spiro atoms. The molecule has 2 aliphatic heterocycles. The van der Waals surface area contributed by atoms with Crippen molar-refractivity contribution in [2.24, 2.45) is 11.8 Å². The summed E-state index contributed by atoms with van der Waals surface area (Å²) < 4.78 is 11.1. The Labute approximate surface area is 302 Å². The van der Waals surface area contributed by atoms with E-state index in [2.05, 4.69) is 33.8 Å². The van der Waals surface area contributed by atoms with Crippen molar-refractivity contribution < 1.29 is 38.2 Å². The Kier molecular flexibility index (Phi) is 13.3. The van der Waals surface area contributed by atoms with Gasteiger partial charge in [0.15, 0.2) is 0 Å². The zero-order valence-electron chi connectivity index (χ0n) is 29.8. The fourth-order valence-electron chi connectivity index (χ4n) is 5.94. The molecule has 0 bridgehead atoms. The van der Waals surface area contributed by atoms with E-state index in [4.69, 9.17) is 9.47 Å². The van der Waals surface area contributed by atoms with Crippen molar-refractivity contribution in [3.8, 4) is 0 Å². The van der Waals surface area contributed by atoms with Crippen LogP contribution >= 0.6 is 0 Å². The molecule has 0 aliphatic carbocycles. The fourth-order valence-corrected chi connectivity index (χ4v) is 5.94. The number of carbonyl (C=O) groups excluding carboxylic acids is 6. The van der Waals surface area contributed by atoms with Gasteiger partial charge in [0.2, 0.25) is 11.8 Å². The minimum Gasteiger partial charge on any atom is -0.462 e. The molecule has 2 aliphatic rings. The maximum atomic E-state index is 14.9. The predicted octanol–water partition coefficient (Wildman–Crippen LogP) is 2.80. The lowest BCUT2D eigenvalue weighted by atomic mass is 10.0. The molecule has 0 saturated carbocycles. The van der Waals surface area contributed by atoms with Crippen LogP contribution in [0, 0.1) is 11.8 Å². The van der Waals surface area contributed by atoms with Gasteiger partial charge in [0.25, 0.3) is 11.8 Å². The standard InChI is InChI=1S/C38H44N6O8/c1-7-29(45)41-17-19-51-37(49)27(21-23(3)4)43-33(25-13-9-11-15-39-25)31-32(35(43)47)34(26-14-10-12-16-40-26)44(36(31)48)28(22-24(5)6)38(50)52-20-18-42-30(46)8-2/h7-16,23-24,27-28H,1-2,17-22H2,3-6H3,(H,41,45)(H,42,46). The molecule has 2 atom stereocenters. The molecule has 2 aromatic heterocycles. The largest absolute Gasteiger partial charge is 0.462 e. The molecule has 2 N–H and O–H groups in total. The zero-order valence-corrected chi connectivity index (χ0v) is 29.8. The summed E-state index contributed by atoms with van der Waals surface area (Å²) in [6, 6.07) is 7.64. The number of nitrogens with zero attached hydrogens (tertiary/aromatic N) is 4. The minimum absolute atomic E-state index is 0.0174. The lowest BCUT2D eigenvalue weighted by Gasteiger charge is -2.33. The number of rotatable bonds is 18. The Morgan fingerprint density at radius 2 is 1.08 bits per heavy atom. The molecule has 2 unspecified atom stereocenters. The highest BCUT2D eigenvalue weighted by Crippen LogP contribution is 2.48. The fraction of sp³-hybridized carbons (Fsp3) is 0.368. The van der Waals surface area contributed by atoms with Gasteiger partial charge in [-0.1, -0.05) is 53.0 Å². The molecule has 274 valence electrons. The van der Waals surface area contributed by atoms with Gasteiger partial charge in [-0.2, -0.15) is 0 Å². The molecule has 0 aromatic carbocycles. The van der Waals surface area contributed by atoms with Gasteiger partial charge in [0, 0.05) is 12.4 Å². The second-order valence-corrected chi connectivity index (χ2v) is 12.8. The third kappa shape index (κ3) is 8.86. The number of ether oxygens (including phenoxy) is 2. The van der Waals surface area contributed by atoms with Crippen LogP contribution < -0.4 is 10.6 Å². The van der Waals surface area contributed by atoms with Crippen molar-refractivity contribution in [2.75, 3.05) is 26.3 Å². The molecule has 4 amide bonds. The van der Waals surface area contributed by atoms with E-state index >= 15 is 0 Å². The second kappa shape index (κ2) is 17.8. The molecule has 14 heteroatoms. The van der Waals surface area contributed by atoms with Gasteiger partial charge in [-0.05, 0) is 61.1 Å². The van der Waals surface area contributed by atoms with Crippen molar-refractivity contribution >= 4 is 47.0 Å². The number of carbonyl (C=O) groups is 6. The van der Waals surface area contributed by atoms with Gasteiger partial charge in [0.1, 0.15) is 25.3 Å². The summed E-state index contributed by atoms with van der Waals surface area (Å²) in [7, 11) is 0. The van der Waals surface area contributed by atoms with Gasteiger partial charge in [-0.25, -0.2) is 9.59 Å². The normalized spacial score (nSPS) is 15.1. The Morgan fingerprint density at radius 1 is 0.692 bits per heavy atom.